The third-order valence-corrected chi connectivity index (χ3v) is 3.78. The zero-order chi connectivity index (χ0) is 17.2. The van der Waals surface area contributed by atoms with Crippen LogP contribution in [-0.2, 0) is 0 Å². The van der Waals surface area contributed by atoms with Crippen molar-refractivity contribution < 1.29 is 9.72 Å². The van der Waals surface area contributed by atoms with E-state index in [0.717, 1.165) is 0 Å². The highest BCUT2D eigenvalue weighted by atomic mass is 79.9. The lowest BCUT2D eigenvalue weighted by Crippen LogP contribution is -2.27. The number of carbonyl (C=O) groups is 1. The quantitative estimate of drug-likeness (QED) is 0.472. The number of anilines is 1. The summed E-state index contributed by atoms with van der Waals surface area (Å²) in [6.07, 6.45) is 0. The number of nitrogens with zero attached hydrogens (tertiary/aromatic N) is 1. The molecule has 0 aromatic heterocycles. The van der Waals surface area contributed by atoms with Crippen molar-refractivity contribution in [2.24, 2.45) is 0 Å². The SMILES string of the molecule is CC(C)(C)Nc1ccccc1C(=O)c1cc([N+](=O)[O-])ccc1Br. The summed E-state index contributed by atoms with van der Waals surface area (Å²) in [5.41, 5.74) is 1.11. The first-order valence-electron chi connectivity index (χ1n) is 7.05. The molecule has 6 heteroatoms. The van der Waals surface area contributed by atoms with Crippen LogP contribution in [0.3, 0.4) is 0 Å². The summed E-state index contributed by atoms with van der Waals surface area (Å²) in [5, 5.41) is 14.2. The molecule has 1 N–H and O–H groups in total. The molecule has 0 unspecified atom stereocenters. The number of hydrogen-bond acceptors (Lipinski definition) is 4. The van der Waals surface area contributed by atoms with Crippen LogP contribution in [0.25, 0.3) is 0 Å². The Morgan fingerprint density at radius 3 is 2.39 bits per heavy atom. The predicted molar refractivity (Wildman–Crippen MR) is 94.0 cm³/mol. The van der Waals surface area contributed by atoms with E-state index in [0.29, 0.717) is 15.7 Å². The van der Waals surface area contributed by atoms with Crippen molar-refractivity contribution in [1.82, 2.24) is 0 Å². The Morgan fingerprint density at radius 2 is 1.78 bits per heavy atom. The number of para-hydroxylation sites is 1. The summed E-state index contributed by atoms with van der Waals surface area (Å²) in [5.74, 6) is -0.270. The Morgan fingerprint density at radius 1 is 1.13 bits per heavy atom. The van der Waals surface area contributed by atoms with Crippen molar-refractivity contribution in [1.29, 1.82) is 0 Å². The van der Waals surface area contributed by atoms with Gasteiger partial charge in [0.15, 0.2) is 5.78 Å². The van der Waals surface area contributed by atoms with Gasteiger partial charge >= 0.3 is 0 Å². The van der Waals surface area contributed by atoms with Crippen LogP contribution in [-0.4, -0.2) is 16.2 Å². The Bertz CT molecular complexity index is 767. The van der Waals surface area contributed by atoms with Crippen molar-refractivity contribution in [3.05, 3.63) is 68.2 Å². The van der Waals surface area contributed by atoms with Crippen LogP contribution < -0.4 is 5.32 Å². The van der Waals surface area contributed by atoms with Crippen LogP contribution >= 0.6 is 15.9 Å². The molecule has 0 bridgehead atoms. The Balaban J connectivity index is 2.50. The number of carbonyl (C=O) groups excluding carboxylic acids is 1. The van der Waals surface area contributed by atoms with E-state index in [-0.39, 0.29) is 22.6 Å². The van der Waals surface area contributed by atoms with Gasteiger partial charge in [0.1, 0.15) is 0 Å². The normalized spacial score (nSPS) is 11.1. The van der Waals surface area contributed by atoms with E-state index < -0.39 is 4.92 Å². The van der Waals surface area contributed by atoms with E-state index in [1.165, 1.54) is 18.2 Å². The van der Waals surface area contributed by atoms with Crippen LogP contribution in [0, 0.1) is 10.1 Å². The zero-order valence-electron chi connectivity index (χ0n) is 13.1. The van der Waals surface area contributed by atoms with Gasteiger partial charge in [0, 0.05) is 39.0 Å². The number of halogens is 1. The number of hydrogen-bond donors (Lipinski definition) is 1. The molecule has 120 valence electrons. The van der Waals surface area contributed by atoms with E-state index >= 15 is 0 Å². The third kappa shape index (κ3) is 4.16. The average molecular weight is 377 g/mol. The average Bonchev–Trinajstić information content (AvgIpc) is 2.45. The van der Waals surface area contributed by atoms with E-state index in [9.17, 15) is 14.9 Å². The minimum atomic E-state index is -0.511. The van der Waals surface area contributed by atoms with Gasteiger partial charge in [0.05, 0.1) is 4.92 Å². The molecule has 2 aromatic carbocycles. The molecule has 0 saturated heterocycles. The fraction of sp³-hybridized carbons (Fsp3) is 0.235. The first kappa shape index (κ1) is 17.1. The maximum atomic E-state index is 12.9. The maximum absolute atomic E-state index is 12.9. The van der Waals surface area contributed by atoms with Crippen LogP contribution in [0.1, 0.15) is 36.7 Å². The van der Waals surface area contributed by atoms with Gasteiger partial charge in [-0.15, -0.1) is 0 Å². The number of nitrogens with one attached hydrogen (secondary N) is 1. The van der Waals surface area contributed by atoms with Gasteiger partial charge in [-0.05, 0) is 39.0 Å². The largest absolute Gasteiger partial charge is 0.380 e. The number of ketones is 1. The molecule has 2 rings (SSSR count). The molecule has 2 aromatic rings. The molecule has 0 radical (unpaired) electrons. The zero-order valence-corrected chi connectivity index (χ0v) is 14.7. The summed E-state index contributed by atoms with van der Waals surface area (Å²) < 4.78 is 0.527. The van der Waals surface area contributed by atoms with Gasteiger partial charge in [-0.25, -0.2) is 0 Å². The molecule has 0 amide bonds. The van der Waals surface area contributed by atoms with Crippen molar-refractivity contribution in [2.75, 3.05) is 5.32 Å². The Labute approximate surface area is 143 Å². The summed E-state index contributed by atoms with van der Waals surface area (Å²) >= 11 is 3.30. The summed E-state index contributed by atoms with van der Waals surface area (Å²) in [6.45, 7) is 5.99. The van der Waals surface area contributed by atoms with Crippen LogP contribution in [0.4, 0.5) is 11.4 Å². The first-order chi connectivity index (χ1) is 10.7. The van der Waals surface area contributed by atoms with Crippen LogP contribution in [0.5, 0.6) is 0 Å². The molecule has 0 aliphatic heterocycles. The van der Waals surface area contributed by atoms with E-state index in [1.807, 2.05) is 32.9 Å². The number of non-ortho nitro benzene ring substituents is 1. The molecule has 0 saturated carbocycles. The molecular weight excluding hydrogens is 360 g/mol. The highest BCUT2D eigenvalue weighted by Crippen LogP contribution is 2.28. The first-order valence-corrected chi connectivity index (χ1v) is 7.84. The van der Waals surface area contributed by atoms with Gasteiger partial charge in [-0.3, -0.25) is 14.9 Å². The summed E-state index contributed by atoms with van der Waals surface area (Å²) in [7, 11) is 0. The fourth-order valence-electron chi connectivity index (χ4n) is 2.14. The monoisotopic (exact) mass is 376 g/mol. The minimum Gasteiger partial charge on any atom is -0.380 e. The number of rotatable bonds is 4. The molecule has 23 heavy (non-hydrogen) atoms. The maximum Gasteiger partial charge on any atom is 0.270 e. The molecular formula is C17H17BrN2O3. The van der Waals surface area contributed by atoms with Crippen LogP contribution in [0.15, 0.2) is 46.9 Å². The topological polar surface area (TPSA) is 72.2 Å². The van der Waals surface area contributed by atoms with Crippen molar-refractivity contribution in [3.8, 4) is 0 Å². The van der Waals surface area contributed by atoms with Gasteiger partial charge in [-0.1, -0.05) is 28.1 Å². The standard InChI is InChI=1S/C17H17BrN2O3/c1-17(2,3)19-15-7-5-4-6-12(15)16(21)13-10-11(20(22)23)8-9-14(13)18/h4-10,19H,1-3H3. The molecule has 0 atom stereocenters. The molecule has 5 nitrogen and oxygen atoms in total. The molecule has 0 aliphatic carbocycles. The minimum absolute atomic E-state index is 0.113. The highest BCUT2D eigenvalue weighted by Gasteiger charge is 2.21. The molecule has 0 fully saturated rings. The number of nitro groups is 1. The smallest absolute Gasteiger partial charge is 0.270 e. The summed E-state index contributed by atoms with van der Waals surface area (Å²) in [4.78, 5) is 23.3. The molecule has 0 heterocycles. The number of nitro benzene ring substituents is 1. The molecule has 0 spiro atoms. The Hall–Kier alpha value is -2.21. The lowest BCUT2D eigenvalue weighted by atomic mass is 9.99. The third-order valence-electron chi connectivity index (χ3n) is 3.09. The van der Waals surface area contributed by atoms with Crippen molar-refractivity contribution in [3.63, 3.8) is 0 Å². The van der Waals surface area contributed by atoms with E-state index in [2.05, 4.69) is 21.2 Å². The number of benzene rings is 2. The summed E-state index contributed by atoms with van der Waals surface area (Å²) in [6, 6.07) is 11.3. The highest BCUT2D eigenvalue weighted by molar-refractivity contribution is 9.10. The lowest BCUT2D eigenvalue weighted by molar-refractivity contribution is -0.384. The predicted octanol–water partition coefficient (Wildman–Crippen LogP) is 4.80. The van der Waals surface area contributed by atoms with Crippen molar-refractivity contribution >= 4 is 33.1 Å². The Kier molecular flexibility index (Phi) is 4.85. The molecule has 0 aliphatic rings. The van der Waals surface area contributed by atoms with Gasteiger partial charge < -0.3 is 5.32 Å². The van der Waals surface area contributed by atoms with Crippen molar-refractivity contribution in [2.45, 2.75) is 26.3 Å². The van der Waals surface area contributed by atoms with Gasteiger partial charge in [0.25, 0.3) is 5.69 Å². The second-order valence-electron chi connectivity index (χ2n) is 6.17. The van der Waals surface area contributed by atoms with E-state index in [4.69, 9.17) is 0 Å². The van der Waals surface area contributed by atoms with Gasteiger partial charge in [-0.2, -0.15) is 0 Å². The van der Waals surface area contributed by atoms with Crippen LogP contribution in [0.2, 0.25) is 0 Å². The second kappa shape index (κ2) is 6.50. The van der Waals surface area contributed by atoms with E-state index in [1.54, 1.807) is 12.1 Å². The van der Waals surface area contributed by atoms with Gasteiger partial charge in [0.2, 0.25) is 0 Å². The fourth-order valence-corrected chi connectivity index (χ4v) is 2.57. The lowest BCUT2D eigenvalue weighted by Gasteiger charge is -2.24. The second-order valence-corrected chi connectivity index (χ2v) is 7.03.